The van der Waals surface area contributed by atoms with E-state index >= 15 is 0 Å². The third kappa shape index (κ3) is 18.5. The fourth-order valence-corrected chi connectivity index (χ4v) is 8.50. The van der Waals surface area contributed by atoms with Crippen LogP contribution in [0.1, 0.15) is 56.8 Å². The summed E-state index contributed by atoms with van der Waals surface area (Å²) in [6, 6.07) is 39.5. The van der Waals surface area contributed by atoms with Gasteiger partial charge in [0.2, 0.25) is 6.41 Å². The number of alkyl halides is 3. The van der Waals surface area contributed by atoms with Crippen LogP contribution >= 0.6 is 47.1 Å². The van der Waals surface area contributed by atoms with Crippen LogP contribution in [-0.4, -0.2) is 61.4 Å². The largest absolute Gasteiger partial charge is 0.446 e. The normalized spacial score (nSPS) is 13.2. The monoisotopic (exact) mass is 898 g/mol. The van der Waals surface area contributed by atoms with E-state index in [0.29, 0.717) is 11.3 Å². The van der Waals surface area contributed by atoms with Crippen LogP contribution in [0.25, 0.3) is 11.1 Å². The third-order valence-corrected chi connectivity index (χ3v) is 12.1. The van der Waals surface area contributed by atoms with E-state index in [-0.39, 0.29) is 28.3 Å². The molecule has 0 aliphatic carbocycles. The Labute approximate surface area is 373 Å². The first-order chi connectivity index (χ1) is 28.8. The molecule has 0 radical (unpaired) electrons. The molecule has 1 unspecified atom stereocenters. The predicted molar refractivity (Wildman–Crippen MR) is 252 cm³/mol. The number of aryl methyl sites for hydroxylation is 1. The number of anilines is 2. The molecule has 4 N–H and O–H groups in total. The van der Waals surface area contributed by atoms with Crippen molar-refractivity contribution < 1.29 is 23.1 Å². The van der Waals surface area contributed by atoms with E-state index in [0.717, 1.165) is 59.6 Å². The molecule has 6 nitrogen and oxygen atoms in total. The lowest BCUT2D eigenvalue weighted by Crippen LogP contribution is -2.35. The summed E-state index contributed by atoms with van der Waals surface area (Å²) in [5.41, 5.74) is 6.84. The van der Waals surface area contributed by atoms with Crippen LogP contribution < -0.4 is 15.4 Å². The van der Waals surface area contributed by atoms with Crippen molar-refractivity contribution >= 4 is 64.9 Å². The van der Waals surface area contributed by atoms with E-state index in [1.807, 2.05) is 62.0 Å². The number of piperidine rings is 1. The number of benzene rings is 5. The Morgan fingerprint density at radius 1 is 0.883 bits per heavy atom. The lowest BCUT2D eigenvalue weighted by molar-refractivity contribution is -0.107. The minimum atomic E-state index is -4.38. The van der Waals surface area contributed by atoms with Crippen molar-refractivity contribution in [1.29, 1.82) is 0 Å². The summed E-state index contributed by atoms with van der Waals surface area (Å²) in [4.78, 5) is 16.5. The van der Waals surface area contributed by atoms with Crippen LogP contribution in [0.4, 0.5) is 24.5 Å². The number of rotatable bonds is 14. The molecule has 0 bridgehead atoms. The molecule has 5 aromatic carbocycles. The van der Waals surface area contributed by atoms with Crippen LogP contribution in [-0.2, 0) is 4.79 Å². The number of carbonyl (C=O) groups is 1. The van der Waals surface area contributed by atoms with Gasteiger partial charge in [-0.05, 0) is 160 Å². The maximum absolute atomic E-state index is 12.1. The van der Waals surface area contributed by atoms with E-state index in [4.69, 9.17) is 17.3 Å². The van der Waals surface area contributed by atoms with Crippen LogP contribution in [0.15, 0.2) is 136 Å². The molecule has 1 heterocycles. The number of unbranched alkanes of at least 4 members (excludes halogenated alkanes) is 1. The van der Waals surface area contributed by atoms with Crippen molar-refractivity contribution in [2.24, 2.45) is 5.92 Å². The van der Waals surface area contributed by atoms with Crippen molar-refractivity contribution in [2.45, 2.75) is 72.8 Å². The van der Waals surface area contributed by atoms with Gasteiger partial charge < -0.3 is 20.6 Å². The standard InChI is InChI=1S/C25H26ClNO.C12H19NS.C8H7F3N2OS2.C2H6/c1-18-6-12-22(13-7-18)27-16-14-20(15-17-27)25(28)24-5-3-2-4-23(24)19-8-10-21(26)11-9-19;1-13(2)10-6-7-11-14-12-8-4-3-5-9-12;9-8(10,11)15-7-3-5(16-13-4-14)1-2-6(7)12;1-2/h2-13,20,25,28H,14-17H2,1H3;3-5,8-9H,6-7,10-11H2,1-2H3;1-4H,12H2,(H,13,14);1-2H3. The number of nitrogens with one attached hydrogen (secondary N) is 1. The second-order valence-corrected chi connectivity index (χ2v) is 17.6. The molecular formula is C47H58ClF3N4O2S3. The summed E-state index contributed by atoms with van der Waals surface area (Å²) in [5.74, 6) is 1.51. The van der Waals surface area contributed by atoms with E-state index in [1.165, 1.54) is 59.5 Å². The Balaban J connectivity index is 0.000000256. The molecule has 1 aliphatic rings. The maximum atomic E-state index is 12.1. The predicted octanol–water partition coefficient (Wildman–Crippen LogP) is 13.0. The Morgan fingerprint density at radius 2 is 1.52 bits per heavy atom. The molecule has 13 heteroatoms. The molecule has 1 atom stereocenters. The number of aliphatic hydroxyl groups excluding tert-OH is 1. The average molecular weight is 900 g/mol. The number of amides is 1. The molecular weight excluding hydrogens is 841 g/mol. The van der Waals surface area contributed by atoms with Gasteiger partial charge in [0.1, 0.15) is 0 Å². The van der Waals surface area contributed by atoms with Gasteiger partial charge in [0.05, 0.1) is 6.10 Å². The lowest BCUT2D eigenvalue weighted by Gasteiger charge is -2.36. The van der Waals surface area contributed by atoms with Gasteiger partial charge in [-0.2, -0.15) is 13.2 Å². The minimum absolute atomic E-state index is 0.0535. The number of nitrogens with zero attached hydrogens (tertiary/aromatic N) is 2. The van der Waals surface area contributed by atoms with E-state index < -0.39 is 11.6 Å². The van der Waals surface area contributed by atoms with Crippen molar-refractivity contribution in [1.82, 2.24) is 9.62 Å². The first kappa shape index (κ1) is 50.6. The Bertz CT molecular complexity index is 1950. The van der Waals surface area contributed by atoms with Crippen LogP contribution in [0.3, 0.4) is 0 Å². The molecule has 0 spiro atoms. The number of hydrogen-bond donors (Lipinski definition) is 3. The van der Waals surface area contributed by atoms with E-state index in [2.05, 4.69) is 102 Å². The molecule has 1 amide bonds. The number of nitrogen functional groups attached to an aromatic ring is 1. The summed E-state index contributed by atoms with van der Waals surface area (Å²) < 4.78 is 38.7. The highest BCUT2D eigenvalue weighted by atomic mass is 35.5. The molecule has 6 rings (SSSR count). The van der Waals surface area contributed by atoms with E-state index in [1.54, 1.807) is 0 Å². The second kappa shape index (κ2) is 27.2. The zero-order valence-electron chi connectivity index (χ0n) is 35.0. The Hall–Kier alpha value is -3.78. The SMILES string of the molecule is CC.CN(C)CCCCSc1ccccc1.Cc1ccc(N2CCC(C(O)c3ccccc3-c3ccc(Cl)cc3)CC2)cc1.Nc1ccc(SNC=O)cc1SC(F)(F)F. The highest BCUT2D eigenvalue weighted by molar-refractivity contribution is 8.00. The molecule has 5 aromatic rings. The van der Waals surface area contributed by atoms with Gasteiger partial charge in [-0.15, -0.1) is 11.8 Å². The molecule has 1 aliphatic heterocycles. The highest BCUT2D eigenvalue weighted by Gasteiger charge is 2.30. The van der Waals surface area contributed by atoms with E-state index in [9.17, 15) is 23.1 Å². The Morgan fingerprint density at radius 3 is 2.13 bits per heavy atom. The molecule has 324 valence electrons. The molecule has 1 fully saturated rings. The smallest absolute Gasteiger partial charge is 0.398 e. The van der Waals surface area contributed by atoms with Crippen molar-refractivity contribution in [3.8, 4) is 11.1 Å². The maximum Gasteiger partial charge on any atom is 0.446 e. The zero-order chi connectivity index (χ0) is 43.9. The number of nitrogens with two attached hydrogens (primary N) is 1. The minimum Gasteiger partial charge on any atom is -0.398 e. The first-order valence-electron chi connectivity index (χ1n) is 20.0. The summed E-state index contributed by atoms with van der Waals surface area (Å²) >= 11 is 8.63. The fourth-order valence-electron chi connectivity index (χ4n) is 6.25. The second-order valence-electron chi connectivity index (χ2n) is 14.0. The quantitative estimate of drug-likeness (QED) is 0.0334. The third-order valence-electron chi connectivity index (χ3n) is 9.27. The van der Waals surface area contributed by atoms with Crippen LogP contribution in [0.2, 0.25) is 5.02 Å². The van der Waals surface area contributed by atoms with Gasteiger partial charge in [0.15, 0.2) is 0 Å². The number of aliphatic hydroxyl groups is 1. The average Bonchev–Trinajstić information content (AvgIpc) is 3.25. The topological polar surface area (TPSA) is 81.8 Å². The molecule has 1 saturated heterocycles. The zero-order valence-corrected chi connectivity index (χ0v) is 38.2. The number of carbonyl (C=O) groups excluding carboxylic acids is 1. The number of halogens is 4. The van der Waals surface area contributed by atoms with Gasteiger partial charge >= 0.3 is 5.51 Å². The summed E-state index contributed by atoms with van der Waals surface area (Å²) in [6.07, 6.45) is 4.57. The van der Waals surface area contributed by atoms with Crippen LogP contribution in [0.5, 0.6) is 0 Å². The van der Waals surface area contributed by atoms with Gasteiger partial charge in [-0.3, -0.25) is 9.52 Å². The molecule has 0 aromatic heterocycles. The van der Waals surface area contributed by atoms with Gasteiger partial charge in [0.25, 0.3) is 0 Å². The van der Waals surface area contributed by atoms with Gasteiger partial charge in [-0.25, -0.2) is 0 Å². The lowest BCUT2D eigenvalue weighted by atomic mass is 9.84. The van der Waals surface area contributed by atoms with Crippen LogP contribution in [0, 0.1) is 12.8 Å². The van der Waals surface area contributed by atoms with Gasteiger partial charge in [-0.1, -0.05) is 97.7 Å². The summed E-state index contributed by atoms with van der Waals surface area (Å²) in [7, 11) is 4.26. The van der Waals surface area contributed by atoms with Crippen molar-refractivity contribution in [2.75, 3.05) is 50.1 Å². The summed E-state index contributed by atoms with van der Waals surface area (Å²) in [5, 5.41) is 11.9. The summed E-state index contributed by atoms with van der Waals surface area (Å²) in [6.45, 7) is 9.28. The highest BCUT2D eigenvalue weighted by Crippen LogP contribution is 2.41. The molecule has 0 saturated carbocycles. The Kier molecular flexibility index (Phi) is 22.9. The van der Waals surface area contributed by atoms with Crippen molar-refractivity contribution in [3.05, 3.63) is 137 Å². The number of hydrogen-bond acceptors (Lipinski definition) is 8. The fraction of sp³-hybridized carbons (Fsp3) is 0.340. The van der Waals surface area contributed by atoms with Crippen molar-refractivity contribution in [3.63, 3.8) is 0 Å². The first-order valence-corrected chi connectivity index (χ1v) is 23.0. The van der Waals surface area contributed by atoms with Gasteiger partial charge in [0, 0.05) is 44.2 Å². The number of thioether (sulfide) groups is 2. The molecule has 60 heavy (non-hydrogen) atoms.